The van der Waals surface area contributed by atoms with Crippen LogP contribution in [0.4, 0.5) is 0 Å². The van der Waals surface area contributed by atoms with Gasteiger partial charge in [0, 0.05) is 23.9 Å². The van der Waals surface area contributed by atoms with Gasteiger partial charge in [-0.15, -0.1) is 0 Å². The Morgan fingerprint density at radius 2 is 2.20 bits per heavy atom. The SMILES string of the molecule is O=C(O)/C=C1\[C@H](n2ccc(=O)[nH]c2=O)O[C@H](CO)[C@H]1O. The molecule has 0 bridgehead atoms. The number of ether oxygens (including phenoxy) is 1. The van der Waals surface area contributed by atoms with Crippen LogP contribution in [0.25, 0.3) is 0 Å². The standard InChI is InChI=1S/C11H12N2O7/c14-4-6-9(18)5(3-8(16)17)10(20-6)13-2-1-7(15)12-11(13)19/h1-3,6,9-10,14,18H,4H2,(H,16,17)(H,12,15,19)/b5-3-/t6-,9+,10-/m1/s1. The second-order valence-corrected chi connectivity index (χ2v) is 4.15. The fourth-order valence-corrected chi connectivity index (χ4v) is 1.96. The average Bonchev–Trinajstić information content (AvgIpc) is 2.66. The van der Waals surface area contributed by atoms with E-state index in [2.05, 4.69) is 0 Å². The molecule has 2 heterocycles. The van der Waals surface area contributed by atoms with Gasteiger partial charge < -0.3 is 20.1 Å². The van der Waals surface area contributed by atoms with E-state index in [9.17, 15) is 19.5 Å². The van der Waals surface area contributed by atoms with Crippen LogP contribution < -0.4 is 11.2 Å². The fourth-order valence-electron chi connectivity index (χ4n) is 1.96. The molecule has 9 nitrogen and oxygen atoms in total. The zero-order valence-electron chi connectivity index (χ0n) is 10.1. The second kappa shape index (κ2) is 5.41. The van der Waals surface area contributed by atoms with Crippen LogP contribution in [-0.2, 0) is 9.53 Å². The largest absolute Gasteiger partial charge is 0.478 e. The lowest BCUT2D eigenvalue weighted by molar-refractivity contribution is -0.131. The number of carboxylic acid groups (broad SMARTS) is 1. The van der Waals surface area contributed by atoms with Crippen molar-refractivity contribution < 1.29 is 24.9 Å². The minimum atomic E-state index is -1.36. The van der Waals surface area contributed by atoms with Gasteiger partial charge in [0.25, 0.3) is 5.56 Å². The molecular formula is C11H12N2O7. The summed E-state index contributed by atoms with van der Waals surface area (Å²) in [6.07, 6.45) is -1.79. The first-order valence-corrected chi connectivity index (χ1v) is 5.64. The summed E-state index contributed by atoms with van der Waals surface area (Å²) in [5.74, 6) is -1.33. The third-order valence-electron chi connectivity index (χ3n) is 2.86. The van der Waals surface area contributed by atoms with Crippen molar-refractivity contribution in [1.29, 1.82) is 0 Å². The van der Waals surface area contributed by atoms with E-state index in [0.29, 0.717) is 6.08 Å². The molecule has 1 aliphatic rings. The molecule has 1 fully saturated rings. The first-order chi connectivity index (χ1) is 9.43. The van der Waals surface area contributed by atoms with Gasteiger partial charge in [-0.1, -0.05) is 0 Å². The highest BCUT2D eigenvalue weighted by Crippen LogP contribution is 2.32. The number of hydrogen-bond donors (Lipinski definition) is 4. The van der Waals surface area contributed by atoms with Gasteiger partial charge in [-0.3, -0.25) is 14.3 Å². The van der Waals surface area contributed by atoms with E-state index in [1.54, 1.807) is 0 Å². The molecule has 9 heteroatoms. The van der Waals surface area contributed by atoms with Crippen molar-refractivity contribution in [3.05, 3.63) is 44.8 Å². The molecule has 0 aliphatic carbocycles. The Labute approximate surface area is 111 Å². The molecule has 0 amide bonds. The number of carboxylic acids is 1. The Morgan fingerprint density at radius 1 is 1.50 bits per heavy atom. The molecule has 2 rings (SSSR count). The molecule has 1 aliphatic heterocycles. The molecule has 1 aromatic rings. The van der Waals surface area contributed by atoms with E-state index in [-0.39, 0.29) is 5.57 Å². The van der Waals surface area contributed by atoms with Gasteiger partial charge in [0.15, 0.2) is 6.23 Å². The minimum Gasteiger partial charge on any atom is -0.478 e. The smallest absolute Gasteiger partial charge is 0.330 e. The molecule has 1 aromatic heterocycles. The summed E-state index contributed by atoms with van der Waals surface area (Å²) in [7, 11) is 0. The second-order valence-electron chi connectivity index (χ2n) is 4.15. The number of H-pyrrole nitrogens is 1. The number of carbonyl (C=O) groups is 1. The highest BCUT2D eigenvalue weighted by Gasteiger charge is 2.40. The van der Waals surface area contributed by atoms with Crippen LogP contribution in [0, 0.1) is 0 Å². The molecule has 0 saturated carbocycles. The molecule has 0 radical (unpaired) electrons. The number of aromatic amines is 1. The molecule has 20 heavy (non-hydrogen) atoms. The van der Waals surface area contributed by atoms with Crippen molar-refractivity contribution in [3.63, 3.8) is 0 Å². The maximum Gasteiger partial charge on any atom is 0.330 e. The van der Waals surface area contributed by atoms with Crippen LogP contribution in [0.2, 0.25) is 0 Å². The summed E-state index contributed by atoms with van der Waals surface area (Å²) in [6.45, 7) is -0.549. The van der Waals surface area contributed by atoms with Crippen molar-refractivity contribution in [2.24, 2.45) is 0 Å². The van der Waals surface area contributed by atoms with Gasteiger partial charge in [0.05, 0.1) is 6.61 Å². The third kappa shape index (κ3) is 2.54. The summed E-state index contributed by atoms with van der Waals surface area (Å²) in [4.78, 5) is 35.4. The Morgan fingerprint density at radius 3 is 2.75 bits per heavy atom. The molecule has 4 N–H and O–H groups in total. The topological polar surface area (TPSA) is 142 Å². The van der Waals surface area contributed by atoms with Crippen molar-refractivity contribution in [1.82, 2.24) is 9.55 Å². The van der Waals surface area contributed by atoms with Crippen LogP contribution in [0.5, 0.6) is 0 Å². The van der Waals surface area contributed by atoms with Crippen molar-refractivity contribution >= 4 is 5.97 Å². The fraction of sp³-hybridized carbons (Fsp3) is 0.364. The summed E-state index contributed by atoms with van der Waals surface area (Å²) < 4.78 is 6.18. The third-order valence-corrected chi connectivity index (χ3v) is 2.86. The predicted octanol–water partition coefficient (Wildman–Crippen LogP) is -2.20. The monoisotopic (exact) mass is 284 g/mol. The average molecular weight is 284 g/mol. The molecule has 1 saturated heterocycles. The molecule has 0 aromatic carbocycles. The summed E-state index contributed by atoms with van der Waals surface area (Å²) >= 11 is 0. The van der Waals surface area contributed by atoms with Crippen LogP contribution in [0.3, 0.4) is 0 Å². The van der Waals surface area contributed by atoms with Crippen molar-refractivity contribution in [2.45, 2.75) is 18.4 Å². The maximum absolute atomic E-state index is 11.7. The summed E-state index contributed by atoms with van der Waals surface area (Å²) in [6, 6.07) is 1.06. The quantitative estimate of drug-likeness (QED) is 0.461. The Balaban J connectivity index is 2.50. The first-order valence-electron chi connectivity index (χ1n) is 5.64. The lowest BCUT2D eigenvalue weighted by Crippen LogP contribution is -2.32. The highest BCUT2D eigenvalue weighted by atomic mass is 16.5. The van der Waals surface area contributed by atoms with Gasteiger partial charge in [-0.25, -0.2) is 9.59 Å². The zero-order valence-corrected chi connectivity index (χ0v) is 10.1. The van der Waals surface area contributed by atoms with E-state index in [4.69, 9.17) is 14.9 Å². The zero-order chi connectivity index (χ0) is 14.9. The van der Waals surface area contributed by atoms with E-state index < -0.39 is 42.3 Å². The van der Waals surface area contributed by atoms with E-state index >= 15 is 0 Å². The first kappa shape index (κ1) is 14.2. The molecule has 108 valence electrons. The molecular weight excluding hydrogens is 272 g/mol. The van der Waals surface area contributed by atoms with Crippen molar-refractivity contribution in [3.8, 4) is 0 Å². The van der Waals surface area contributed by atoms with E-state index in [1.165, 1.54) is 0 Å². The van der Waals surface area contributed by atoms with Gasteiger partial charge in [-0.05, 0) is 0 Å². The number of aliphatic carboxylic acids is 1. The summed E-state index contributed by atoms with van der Waals surface area (Å²) in [5, 5.41) is 27.7. The van der Waals surface area contributed by atoms with E-state index in [1.807, 2.05) is 4.98 Å². The molecule has 0 spiro atoms. The summed E-state index contributed by atoms with van der Waals surface area (Å²) in [5.41, 5.74) is -1.53. The van der Waals surface area contributed by atoms with Gasteiger partial charge >= 0.3 is 11.7 Å². The number of nitrogens with one attached hydrogen (secondary N) is 1. The number of hydrogen-bond acceptors (Lipinski definition) is 6. The minimum absolute atomic E-state index is 0.0919. The van der Waals surface area contributed by atoms with Crippen LogP contribution >= 0.6 is 0 Å². The lowest BCUT2D eigenvalue weighted by atomic mass is 10.1. The van der Waals surface area contributed by atoms with Crippen LogP contribution in [0.1, 0.15) is 6.23 Å². The van der Waals surface area contributed by atoms with Gasteiger partial charge in [-0.2, -0.15) is 0 Å². The van der Waals surface area contributed by atoms with Crippen LogP contribution in [-0.4, -0.2) is 49.7 Å². The molecule has 3 atom stereocenters. The number of aromatic nitrogens is 2. The Hall–Kier alpha value is -2.23. The maximum atomic E-state index is 11.7. The van der Waals surface area contributed by atoms with E-state index in [0.717, 1.165) is 16.8 Å². The number of rotatable bonds is 3. The number of aliphatic hydroxyl groups excluding tert-OH is 2. The Bertz CT molecular complexity index is 659. The highest BCUT2D eigenvalue weighted by molar-refractivity contribution is 5.81. The predicted molar refractivity (Wildman–Crippen MR) is 64.0 cm³/mol. The van der Waals surface area contributed by atoms with Crippen molar-refractivity contribution in [2.75, 3.05) is 6.61 Å². The Kier molecular flexibility index (Phi) is 3.84. The molecule has 0 unspecified atom stereocenters. The lowest BCUT2D eigenvalue weighted by Gasteiger charge is -2.14. The number of nitrogens with zero attached hydrogens (tertiary/aromatic N) is 1. The van der Waals surface area contributed by atoms with Gasteiger partial charge in [0.2, 0.25) is 0 Å². The van der Waals surface area contributed by atoms with Crippen LogP contribution in [0.15, 0.2) is 33.5 Å². The number of aliphatic hydroxyl groups is 2. The normalized spacial score (nSPS) is 27.9. The van der Waals surface area contributed by atoms with Gasteiger partial charge in [0.1, 0.15) is 12.2 Å².